The molecule has 0 aliphatic heterocycles. The van der Waals surface area contributed by atoms with Gasteiger partial charge in [0.1, 0.15) is 6.33 Å². The molecule has 0 atom stereocenters. The molecule has 0 radical (unpaired) electrons. The highest BCUT2D eigenvalue weighted by molar-refractivity contribution is 5.48. The average molecular weight is 269 g/mol. The first kappa shape index (κ1) is 12.4. The summed E-state index contributed by atoms with van der Waals surface area (Å²) in [4.78, 5) is 4.19. The molecule has 19 heavy (non-hydrogen) atoms. The van der Waals surface area contributed by atoms with Crippen LogP contribution in [0.15, 0.2) is 24.7 Å². The lowest BCUT2D eigenvalue weighted by Crippen LogP contribution is -2.27. The molecule has 0 unspecified atom stereocenters. The maximum Gasteiger partial charge on any atom is 0.391 e. The molecule has 6 heteroatoms. The van der Waals surface area contributed by atoms with Crippen molar-refractivity contribution in [2.24, 2.45) is 5.92 Å². The Kier molecular flexibility index (Phi) is 2.95. The van der Waals surface area contributed by atoms with Crippen LogP contribution in [0.4, 0.5) is 13.2 Å². The van der Waals surface area contributed by atoms with Gasteiger partial charge in [-0.15, -0.1) is 0 Å². The van der Waals surface area contributed by atoms with Crippen molar-refractivity contribution in [1.82, 2.24) is 14.6 Å². The lowest BCUT2D eigenvalue weighted by molar-refractivity contribution is -0.182. The zero-order valence-corrected chi connectivity index (χ0v) is 10.3. The molecule has 2 aromatic heterocycles. The number of rotatable bonds is 1. The molecule has 1 aliphatic rings. The van der Waals surface area contributed by atoms with Gasteiger partial charge in [0.2, 0.25) is 0 Å². The van der Waals surface area contributed by atoms with Gasteiger partial charge in [-0.05, 0) is 37.7 Å². The molecule has 1 saturated carbocycles. The number of aromatic nitrogens is 3. The summed E-state index contributed by atoms with van der Waals surface area (Å²) in [5, 5.41) is 4.05. The van der Waals surface area contributed by atoms with Crippen LogP contribution in [0.1, 0.15) is 37.2 Å². The number of hydrogen-bond acceptors (Lipinski definition) is 2. The molecule has 3 rings (SSSR count). The molecule has 0 bridgehead atoms. The summed E-state index contributed by atoms with van der Waals surface area (Å²) in [6, 6.07) is 3.81. The second-order valence-corrected chi connectivity index (χ2v) is 5.08. The smallest absolute Gasteiger partial charge is 0.221 e. The normalized spacial score (nSPS) is 24.8. The summed E-state index contributed by atoms with van der Waals surface area (Å²) in [6.45, 7) is 0. The van der Waals surface area contributed by atoms with Crippen molar-refractivity contribution in [2.75, 3.05) is 0 Å². The van der Waals surface area contributed by atoms with Crippen molar-refractivity contribution in [2.45, 2.75) is 37.8 Å². The number of hydrogen-bond donors (Lipinski definition) is 0. The lowest BCUT2D eigenvalue weighted by atomic mass is 9.78. The summed E-state index contributed by atoms with van der Waals surface area (Å²) in [6.07, 6.45) is 0.777. The van der Waals surface area contributed by atoms with Crippen LogP contribution in [0.2, 0.25) is 0 Å². The summed E-state index contributed by atoms with van der Waals surface area (Å²) in [5.74, 6) is -0.979. The zero-order valence-electron chi connectivity index (χ0n) is 10.3. The van der Waals surface area contributed by atoms with Crippen molar-refractivity contribution in [3.05, 3.63) is 30.2 Å². The van der Waals surface area contributed by atoms with Gasteiger partial charge in [0, 0.05) is 11.8 Å². The van der Waals surface area contributed by atoms with Crippen LogP contribution in [0.5, 0.6) is 0 Å². The summed E-state index contributed by atoms with van der Waals surface area (Å²) in [5.41, 5.74) is 1.78. The molecule has 0 spiro atoms. The monoisotopic (exact) mass is 269 g/mol. The molecule has 0 N–H and O–H groups in total. The molecule has 2 heterocycles. The third-order valence-electron chi connectivity index (χ3n) is 3.96. The number of alkyl halides is 3. The second-order valence-electron chi connectivity index (χ2n) is 5.08. The Labute approximate surface area is 108 Å². The Bertz CT molecular complexity index is 568. The van der Waals surface area contributed by atoms with Crippen LogP contribution in [-0.4, -0.2) is 20.8 Å². The Hall–Kier alpha value is -1.59. The van der Waals surface area contributed by atoms with Gasteiger partial charge in [0.25, 0.3) is 0 Å². The van der Waals surface area contributed by atoms with E-state index in [1.165, 1.54) is 6.33 Å². The minimum absolute atomic E-state index is 0.159. The van der Waals surface area contributed by atoms with E-state index in [4.69, 9.17) is 0 Å². The molecule has 1 aliphatic carbocycles. The molecule has 0 aromatic carbocycles. The van der Waals surface area contributed by atoms with E-state index in [2.05, 4.69) is 10.1 Å². The number of fused-ring (bicyclic) bond motifs is 1. The Balaban J connectivity index is 1.80. The minimum Gasteiger partial charge on any atom is -0.221 e. The molecular formula is C13H14F3N3. The van der Waals surface area contributed by atoms with E-state index in [-0.39, 0.29) is 18.8 Å². The SMILES string of the molecule is FC(F)(F)C1CCC(c2cccn3ncnc23)CC1. The molecule has 1 fully saturated rings. The van der Waals surface area contributed by atoms with Gasteiger partial charge in [-0.3, -0.25) is 0 Å². The van der Waals surface area contributed by atoms with Gasteiger partial charge in [-0.2, -0.15) is 18.3 Å². The second kappa shape index (κ2) is 4.51. The molecule has 102 valence electrons. The average Bonchev–Trinajstić information content (AvgIpc) is 2.86. The van der Waals surface area contributed by atoms with Crippen LogP contribution in [0.3, 0.4) is 0 Å². The van der Waals surface area contributed by atoms with Gasteiger partial charge in [-0.25, -0.2) is 9.50 Å². The molecule has 0 amide bonds. The van der Waals surface area contributed by atoms with E-state index in [1.54, 1.807) is 10.7 Å². The fourth-order valence-corrected chi connectivity index (χ4v) is 2.92. The van der Waals surface area contributed by atoms with E-state index in [0.717, 1.165) is 11.2 Å². The number of halogens is 3. The van der Waals surface area contributed by atoms with Gasteiger partial charge in [0.15, 0.2) is 5.65 Å². The van der Waals surface area contributed by atoms with Crippen LogP contribution >= 0.6 is 0 Å². The van der Waals surface area contributed by atoms with E-state index in [9.17, 15) is 13.2 Å². The minimum atomic E-state index is -4.05. The van der Waals surface area contributed by atoms with Gasteiger partial charge >= 0.3 is 6.18 Å². The first-order valence-electron chi connectivity index (χ1n) is 6.40. The van der Waals surface area contributed by atoms with Gasteiger partial charge in [-0.1, -0.05) is 6.07 Å². The Morgan fingerprint density at radius 1 is 1.16 bits per heavy atom. The van der Waals surface area contributed by atoms with E-state index >= 15 is 0 Å². The standard InChI is InChI=1S/C13H14F3N3/c14-13(15,16)10-5-3-9(4-6-10)11-2-1-7-19-12(11)17-8-18-19/h1-2,7-10H,3-6H2. The molecular weight excluding hydrogens is 255 g/mol. The Morgan fingerprint density at radius 2 is 1.89 bits per heavy atom. The maximum absolute atomic E-state index is 12.6. The number of nitrogens with zero attached hydrogens (tertiary/aromatic N) is 3. The highest BCUT2D eigenvalue weighted by Gasteiger charge is 2.41. The lowest BCUT2D eigenvalue weighted by Gasteiger charge is -2.30. The maximum atomic E-state index is 12.6. The molecule has 0 saturated heterocycles. The van der Waals surface area contributed by atoms with Crippen molar-refractivity contribution in [3.63, 3.8) is 0 Å². The quantitative estimate of drug-likeness (QED) is 0.792. The van der Waals surface area contributed by atoms with Crippen molar-refractivity contribution in [3.8, 4) is 0 Å². The van der Waals surface area contributed by atoms with E-state index in [0.29, 0.717) is 12.8 Å². The molecule has 3 nitrogen and oxygen atoms in total. The van der Waals surface area contributed by atoms with Gasteiger partial charge < -0.3 is 0 Å². The van der Waals surface area contributed by atoms with E-state index in [1.807, 2.05) is 12.1 Å². The van der Waals surface area contributed by atoms with Crippen LogP contribution in [-0.2, 0) is 0 Å². The summed E-state index contributed by atoms with van der Waals surface area (Å²) < 4.78 is 39.6. The zero-order chi connectivity index (χ0) is 13.5. The first-order valence-corrected chi connectivity index (χ1v) is 6.40. The first-order chi connectivity index (χ1) is 9.05. The van der Waals surface area contributed by atoms with Crippen molar-refractivity contribution >= 4 is 5.65 Å². The van der Waals surface area contributed by atoms with Gasteiger partial charge in [0.05, 0.1) is 5.92 Å². The predicted molar refractivity (Wildman–Crippen MR) is 63.7 cm³/mol. The largest absolute Gasteiger partial charge is 0.391 e. The molecule has 2 aromatic rings. The van der Waals surface area contributed by atoms with Crippen molar-refractivity contribution in [1.29, 1.82) is 0 Å². The number of pyridine rings is 1. The topological polar surface area (TPSA) is 30.2 Å². The van der Waals surface area contributed by atoms with E-state index < -0.39 is 12.1 Å². The van der Waals surface area contributed by atoms with Crippen LogP contribution in [0.25, 0.3) is 5.65 Å². The third-order valence-corrected chi connectivity index (χ3v) is 3.96. The summed E-state index contributed by atoms with van der Waals surface area (Å²) >= 11 is 0. The third kappa shape index (κ3) is 2.31. The Morgan fingerprint density at radius 3 is 2.58 bits per heavy atom. The highest BCUT2D eigenvalue weighted by Crippen LogP contribution is 2.43. The highest BCUT2D eigenvalue weighted by atomic mass is 19.4. The predicted octanol–water partition coefficient (Wildman–Crippen LogP) is 3.57. The fraction of sp³-hybridized carbons (Fsp3) is 0.538. The van der Waals surface area contributed by atoms with Crippen LogP contribution in [0, 0.1) is 5.92 Å². The van der Waals surface area contributed by atoms with Crippen molar-refractivity contribution < 1.29 is 13.2 Å². The van der Waals surface area contributed by atoms with Crippen LogP contribution < -0.4 is 0 Å². The fourth-order valence-electron chi connectivity index (χ4n) is 2.92. The summed E-state index contributed by atoms with van der Waals surface area (Å²) in [7, 11) is 0.